The van der Waals surface area contributed by atoms with Gasteiger partial charge in [0.25, 0.3) is 11.8 Å². The molecule has 0 atom stereocenters. The van der Waals surface area contributed by atoms with Crippen molar-refractivity contribution in [3.05, 3.63) is 12.2 Å². The topological polar surface area (TPSA) is 93.0 Å². The zero-order chi connectivity index (χ0) is 9.40. The normalized spacial score (nSPS) is 8.33. The molecule has 0 saturated carbocycles. The first-order valence-electron chi connectivity index (χ1n) is 2.62. The molecular weight excluding hydrogens is 164 g/mol. The molecule has 0 N–H and O–H groups in total. The number of hydrogen-bond acceptors (Lipinski definition) is 4. The Labute approximate surface area is 66.3 Å². The van der Waals surface area contributed by atoms with Crippen LogP contribution in [0.15, 0.2) is 22.1 Å². The van der Waals surface area contributed by atoms with Crippen LogP contribution in [0.3, 0.4) is 0 Å². The first-order valence-corrected chi connectivity index (χ1v) is 2.62. The second-order valence-corrected chi connectivity index (χ2v) is 1.42. The molecular formula is C6H2N2O4. The van der Waals surface area contributed by atoms with Gasteiger partial charge in [-0.25, -0.2) is 9.59 Å². The molecule has 0 aromatic rings. The minimum atomic E-state index is -0.945. The minimum Gasteiger partial charge on any atom is -0.267 e. The van der Waals surface area contributed by atoms with E-state index in [-0.39, 0.29) is 0 Å². The van der Waals surface area contributed by atoms with Crippen LogP contribution in [-0.2, 0) is 19.2 Å². The molecule has 0 aromatic heterocycles. The number of carbonyl (C=O) groups is 2. The van der Waals surface area contributed by atoms with Gasteiger partial charge in [-0.1, -0.05) is 0 Å². The van der Waals surface area contributed by atoms with Crippen molar-refractivity contribution in [1.29, 1.82) is 0 Å². The van der Waals surface area contributed by atoms with E-state index in [1.54, 1.807) is 0 Å². The van der Waals surface area contributed by atoms with Gasteiger partial charge in [0.2, 0.25) is 12.2 Å². The Morgan fingerprint density at radius 1 is 0.917 bits per heavy atom. The highest BCUT2D eigenvalue weighted by Crippen LogP contribution is 1.80. The predicted molar refractivity (Wildman–Crippen MR) is 35.4 cm³/mol. The van der Waals surface area contributed by atoms with Crippen LogP contribution in [0.25, 0.3) is 0 Å². The van der Waals surface area contributed by atoms with Gasteiger partial charge < -0.3 is 0 Å². The Bertz CT molecular complexity index is 286. The first kappa shape index (κ1) is 9.84. The van der Waals surface area contributed by atoms with Crippen LogP contribution in [-0.4, -0.2) is 24.0 Å². The van der Waals surface area contributed by atoms with Crippen LogP contribution in [0.2, 0.25) is 0 Å². The maximum absolute atomic E-state index is 10.3. The van der Waals surface area contributed by atoms with Crippen molar-refractivity contribution in [2.24, 2.45) is 9.98 Å². The van der Waals surface area contributed by atoms with Crippen molar-refractivity contribution >= 4 is 24.0 Å². The van der Waals surface area contributed by atoms with Crippen LogP contribution in [0.5, 0.6) is 0 Å². The van der Waals surface area contributed by atoms with Crippen LogP contribution in [0.1, 0.15) is 0 Å². The van der Waals surface area contributed by atoms with Crippen molar-refractivity contribution in [1.82, 2.24) is 0 Å². The summed E-state index contributed by atoms with van der Waals surface area (Å²) in [5, 5.41) is 0. The van der Waals surface area contributed by atoms with Gasteiger partial charge in [-0.15, -0.1) is 9.98 Å². The summed E-state index contributed by atoms with van der Waals surface area (Å²) in [7, 11) is 0. The van der Waals surface area contributed by atoms with Gasteiger partial charge in [-0.2, -0.15) is 0 Å². The number of isocyanates is 2. The van der Waals surface area contributed by atoms with Crippen molar-refractivity contribution in [2.45, 2.75) is 0 Å². The van der Waals surface area contributed by atoms with E-state index in [9.17, 15) is 19.2 Å². The Morgan fingerprint density at radius 2 is 1.25 bits per heavy atom. The molecule has 0 aliphatic heterocycles. The van der Waals surface area contributed by atoms with Crippen molar-refractivity contribution in [3.8, 4) is 0 Å². The van der Waals surface area contributed by atoms with Crippen molar-refractivity contribution in [2.75, 3.05) is 0 Å². The lowest BCUT2D eigenvalue weighted by Gasteiger charge is -1.75. The summed E-state index contributed by atoms with van der Waals surface area (Å²) in [6.07, 6.45) is 3.33. The summed E-state index contributed by atoms with van der Waals surface area (Å²) in [6.45, 7) is 0. The third kappa shape index (κ3) is 4.69. The number of rotatable bonds is 2. The monoisotopic (exact) mass is 166 g/mol. The van der Waals surface area contributed by atoms with Gasteiger partial charge >= 0.3 is 0 Å². The molecule has 0 fully saturated rings. The standard InChI is InChI=1S/C6H2N2O4/c9-3-7-5(11)1-2-6(12)8-4-10/h1-2H/b2-1-. The van der Waals surface area contributed by atoms with Crippen LogP contribution in [0.4, 0.5) is 0 Å². The second kappa shape index (κ2) is 5.61. The van der Waals surface area contributed by atoms with E-state index in [1.165, 1.54) is 0 Å². The number of carbonyl (C=O) groups excluding carboxylic acids is 4. The summed E-state index contributed by atoms with van der Waals surface area (Å²) in [5.41, 5.74) is 0. The highest BCUT2D eigenvalue weighted by atomic mass is 16.2. The van der Waals surface area contributed by atoms with Crippen molar-refractivity contribution in [3.63, 3.8) is 0 Å². The van der Waals surface area contributed by atoms with Crippen molar-refractivity contribution < 1.29 is 19.2 Å². The van der Waals surface area contributed by atoms with E-state index >= 15 is 0 Å². The molecule has 2 amide bonds. The molecule has 60 valence electrons. The molecule has 12 heavy (non-hydrogen) atoms. The van der Waals surface area contributed by atoms with E-state index in [4.69, 9.17) is 0 Å². The summed E-state index contributed by atoms with van der Waals surface area (Å²) >= 11 is 0. The van der Waals surface area contributed by atoms with Gasteiger partial charge in [0.1, 0.15) is 0 Å². The molecule has 0 unspecified atom stereocenters. The van der Waals surface area contributed by atoms with E-state index < -0.39 is 11.8 Å². The van der Waals surface area contributed by atoms with E-state index in [1.807, 2.05) is 0 Å². The fraction of sp³-hybridized carbons (Fsp3) is 0. The zero-order valence-electron chi connectivity index (χ0n) is 5.68. The van der Waals surface area contributed by atoms with Gasteiger partial charge in [-0.3, -0.25) is 9.59 Å². The van der Waals surface area contributed by atoms with Gasteiger partial charge in [0.15, 0.2) is 0 Å². The van der Waals surface area contributed by atoms with Gasteiger partial charge in [-0.05, 0) is 0 Å². The second-order valence-electron chi connectivity index (χ2n) is 1.42. The van der Waals surface area contributed by atoms with Crippen LogP contribution < -0.4 is 0 Å². The van der Waals surface area contributed by atoms with Gasteiger partial charge in [0, 0.05) is 12.2 Å². The lowest BCUT2D eigenvalue weighted by atomic mass is 10.4. The highest BCUT2D eigenvalue weighted by Gasteiger charge is 1.93. The third-order valence-corrected chi connectivity index (χ3v) is 0.680. The number of nitrogens with zero attached hydrogens (tertiary/aromatic N) is 2. The number of amides is 2. The summed E-state index contributed by atoms with van der Waals surface area (Å²) < 4.78 is 0. The Morgan fingerprint density at radius 3 is 1.50 bits per heavy atom. The molecule has 0 saturated heterocycles. The third-order valence-electron chi connectivity index (χ3n) is 0.680. The fourth-order valence-corrected chi connectivity index (χ4v) is 0.307. The number of aliphatic imine (C=N–C) groups is 2. The summed E-state index contributed by atoms with van der Waals surface area (Å²) in [6, 6.07) is 0. The first-order chi connectivity index (χ1) is 5.70. The Kier molecular flexibility index (Phi) is 4.60. The van der Waals surface area contributed by atoms with Crippen LogP contribution >= 0.6 is 0 Å². The molecule has 0 bridgehead atoms. The largest absolute Gasteiger partial charge is 0.280 e. The predicted octanol–water partition coefficient (Wildman–Crippen LogP) is -0.733. The summed E-state index contributed by atoms with van der Waals surface area (Å²) in [5.74, 6) is -1.89. The lowest BCUT2D eigenvalue weighted by Crippen LogP contribution is -1.89. The molecule has 6 nitrogen and oxygen atoms in total. The number of hydrogen-bond donors (Lipinski definition) is 0. The molecule has 0 aliphatic rings. The molecule has 6 heteroatoms. The fourth-order valence-electron chi connectivity index (χ4n) is 0.307. The minimum absolute atomic E-state index is 0.689. The highest BCUT2D eigenvalue weighted by molar-refractivity contribution is 5.99. The molecule has 0 spiro atoms. The maximum atomic E-state index is 10.3. The van der Waals surface area contributed by atoms with Crippen LogP contribution in [0, 0.1) is 0 Å². The average molecular weight is 166 g/mol. The zero-order valence-corrected chi connectivity index (χ0v) is 5.68. The Hall–Kier alpha value is -2.16. The van der Waals surface area contributed by atoms with Gasteiger partial charge in [0.05, 0.1) is 0 Å². The molecule has 0 rings (SSSR count). The summed E-state index contributed by atoms with van der Waals surface area (Å²) in [4.78, 5) is 44.9. The van der Waals surface area contributed by atoms with E-state index in [2.05, 4.69) is 9.98 Å². The van der Waals surface area contributed by atoms with E-state index in [0.29, 0.717) is 12.2 Å². The van der Waals surface area contributed by atoms with E-state index in [0.717, 1.165) is 12.2 Å². The maximum Gasteiger partial charge on any atom is 0.280 e. The molecule has 0 radical (unpaired) electrons. The SMILES string of the molecule is O=C=NC(=O)/C=C\C(=O)N=C=O. The average Bonchev–Trinajstić information content (AvgIpc) is 2.02. The quantitative estimate of drug-likeness (QED) is 0.307. The smallest absolute Gasteiger partial charge is 0.267 e. The Balaban J connectivity index is 4.25. The lowest BCUT2D eigenvalue weighted by molar-refractivity contribution is -0.115. The molecule has 0 aliphatic carbocycles. The molecule has 0 aromatic carbocycles. The molecule has 0 heterocycles.